The molecule has 1 fully saturated rings. The van der Waals surface area contributed by atoms with Crippen LogP contribution in [0.1, 0.15) is 6.92 Å². The molecule has 2 aliphatic heterocycles. The van der Waals surface area contributed by atoms with Crippen LogP contribution in [0.4, 0.5) is 5.00 Å². The molecule has 0 N–H and O–H groups in total. The maximum atomic E-state index is 12.9. The summed E-state index contributed by atoms with van der Waals surface area (Å²) >= 11 is 1.32. The lowest BCUT2D eigenvalue weighted by Crippen LogP contribution is -2.82. The van der Waals surface area contributed by atoms with E-state index in [2.05, 4.69) is 0 Å². The second-order valence-electron chi connectivity index (χ2n) is 5.52. The molecular formula is C15H18N2O5S2. The molecule has 0 radical (unpaired) electrons. The summed E-state index contributed by atoms with van der Waals surface area (Å²) in [5, 5.41) is 1.66. The van der Waals surface area contributed by atoms with Crippen molar-refractivity contribution in [1.29, 1.82) is 0 Å². The Morgan fingerprint density at radius 3 is 2.83 bits per heavy atom. The van der Waals surface area contributed by atoms with E-state index in [0.717, 1.165) is 5.57 Å². The van der Waals surface area contributed by atoms with Crippen LogP contribution in [0.15, 0.2) is 29.3 Å². The zero-order valence-corrected chi connectivity index (χ0v) is 15.2. The SMILES string of the molecule is COCC1=CN2C(=O)C(OC)(N(C(C)=O)c3cccs3)[C@H]2S(=O)C1. The topological polar surface area (TPSA) is 76.2 Å². The number of rotatable bonds is 5. The normalized spacial score (nSPS) is 28.9. The average Bonchev–Trinajstić information content (AvgIpc) is 3.05. The Balaban J connectivity index is 2.04. The van der Waals surface area contributed by atoms with Gasteiger partial charge in [-0.3, -0.25) is 23.6 Å². The molecule has 3 heterocycles. The van der Waals surface area contributed by atoms with Crippen molar-refractivity contribution in [3.63, 3.8) is 0 Å². The smallest absolute Gasteiger partial charge is 0.285 e. The molecule has 2 amide bonds. The van der Waals surface area contributed by atoms with Crippen LogP contribution in [0.3, 0.4) is 0 Å². The standard InChI is InChI=1S/C15H18N2O5S2/c1-10(18)17(12-5-4-6-23-12)15(22-3)13(19)16-7-11(8-21-2)9-24(20)14(15)16/h4-7,14H,8-9H2,1-3H3/t14-,15?,24?/m1/s1. The van der Waals surface area contributed by atoms with E-state index < -0.39 is 27.8 Å². The molecule has 3 rings (SSSR count). The number of methoxy groups -OCH3 is 2. The van der Waals surface area contributed by atoms with Gasteiger partial charge in [0.2, 0.25) is 5.91 Å². The van der Waals surface area contributed by atoms with Crippen LogP contribution in [0.25, 0.3) is 0 Å². The maximum Gasteiger partial charge on any atom is 0.285 e. The highest BCUT2D eigenvalue weighted by molar-refractivity contribution is 7.86. The van der Waals surface area contributed by atoms with Crippen LogP contribution in [-0.2, 0) is 29.9 Å². The Kier molecular flexibility index (Phi) is 4.60. The van der Waals surface area contributed by atoms with Gasteiger partial charge in [0.15, 0.2) is 5.37 Å². The van der Waals surface area contributed by atoms with Crippen molar-refractivity contribution in [2.45, 2.75) is 18.0 Å². The van der Waals surface area contributed by atoms with E-state index in [9.17, 15) is 13.8 Å². The number of hydrogen-bond acceptors (Lipinski definition) is 6. The summed E-state index contributed by atoms with van der Waals surface area (Å²) in [7, 11) is 1.50. The molecule has 3 atom stereocenters. The molecule has 0 aliphatic carbocycles. The molecule has 130 valence electrons. The van der Waals surface area contributed by atoms with Crippen LogP contribution in [0.5, 0.6) is 0 Å². The molecule has 0 spiro atoms. The number of anilines is 1. The van der Waals surface area contributed by atoms with Crippen LogP contribution >= 0.6 is 11.3 Å². The third kappa shape index (κ3) is 2.34. The molecule has 9 heteroatoms. The van der Waals surface area contributed by atoms with Gasteiger partial charge in [-0.1, -0.05) is 0 Å². The number of carbonyl (C=O) groups is 2. The van der Waals surface area contributed by atoms with Crippen LogP contribution in [0.2, 0.25) is 0 Å². The van der Waals surface area contributed by atoms with Crippen LogP contribution < -0.4 is 4.90 Å². The predicted molar refractivity (Wildman–Crippen MR) is 90.8 cm³/mol. The summed E-state index contributed by atoms with van der Waals surface area (Å²) in [6.07, 6.45) is 1.65. The molecule has 0 bridgehead atoms. The average molecular weight is 370 g/mol. The van der Waals surface area contributed by atoms with Gasteiger partial charge in [0.1, 0.15) is 5.00 Å². The first-order valence-corrected chi connectivity index (χ1v) is 9.51. The van der Waals surface area contributed by atoms with Gasteiger partial charge >= 0.3 is 0 Å². The van der Waals surface area contributed by atoms with Crippen molar-refractivity contribution in [2.75, 3.05) is 31.5 Å². The van der Waals surface area contributed by atoms with Gasteiger partial charge < -0.3 is 9.47 Å². The summed E-state index contributed by atoms with van der Waals surface area (Å²) in [6, 6.07) is 3.52. The van der Waals surface area contributed by atoms with Crippen molar-refractivity contribution in [3.05, 3.63) is 29.3 Å². The van der Waals surface area contributed by atoms with Gasteiger partial charge in [0.05, 0.1) is 23.2 Å². The minimum atomic E-state index is -1.57. The van der Waals surface area contributed by atoms with Crippen molar-refractivity contribution < 1.29 is 23.3 Å². The third-order valence-corrected chi connectivity index (χ3v) is 6.59. The third-order valence-electron chi connectivity index (χ3n) is 4.04. The highest BCUT2D eigenvalue weighted by Crippen LogP contribution is 2.45. The van der Waals surface area contributed by atoms with E-state index in [1.54, 1.807) is 25.4 Å². The van der Waals surface area contributed by atoms with E-state index in [-0.39, 0.29) is 11.7 Å². The fraction of sp³-hybridized carbons (Fsp3) is 0.467. The Morgan fingerprint density at radius 2 is 2.29 bits per heavy atom. The predicted octanol–water partition coefficient (Wildman–Crippen LogP) is 0.905. The first kappa shape index (κ1) is 17.3. The summed E-state index contributed by atoms with van der Waals surface area (Å²) in [4.78, 5) is 27.9. The molecule has 2 unspecified atom stereocenters. The number of hydrogen-bond donors (Lipinski definition) is 0. The minimum absolute atomic E-state index is 0.281. The van der Waals surface area contributed by atoms with Gasteiger partial charge in [-0.25, -0.2) is 0 Å². The molecule has 7 nitrogen and oxygen atoms in total. The molecule has 24 heavy (non-hydrogen) atoms. The maximum absolute atomic E-state index is 12.9. The fourth-order valence-corrected chi connectivity index (χ4v) is 5.72. The Bertz CT molecular complexity index is 717. The van der Waals surface area contributed by atoms with E-state index in [1.807, 2.05) is 5.38 Å². The fourth-order valence-electron chi connectivity index (χ4n) is 3.15. The quantitative estimate of drug-likeness (QED) is 0.569. The second kappa shape index (κ2) is 6.40. The molecule has 0 saturated carbocycles. The minimum Gasteiger partial charge on any atom is -0.380 e. The van der Waals surface area contributed by atoms with Crippen LogP contribution in [-0.4, -0.2) is 58.6 Å². The Hall–Kier alpha value is -1.55. The molecule has 1 aromatic rings. The Morgan fingerprint density at radius 1 is 1.54 bits per heavy atom. The first-order valence-electron chi connectivity index (χ1n) is 7.25. The van der Waals surface area contributed by atoms with E-state index in [1.165, 1.54) is 35.2 Å². The van der Waals surface area contributed by atoms with E-state index in [4.69, 9.17) is 9.47 Å². The van der Waals surface area contributed by atoms with Gasteiger partial charge in [-0.2, -0.15) is 0 Å². The molecule has 0 aromatic carbocycles. The zero-order chi connectivity index (χ0) is 17.5. The number of thiophene rings is 1. The van der Waals surface area contributed by atoms with Gasteiger partial charge in [-0.15, -0.1) is 11.3 Å². The molecule has 2 aliphatic rings. The summed E-state index contributed by atoms with van der Waals surface area (Å²) < 4.78 is 23.4. The zero-order valence-electron chi connectivity index (χ0n) is 13.6. The van der Waals surface area contributed by atoms with Crippen molar-refractivity contribution in [2.24, 2.45) is 0 Å². The van der Waals surface area contributed by atoms with E-state index in [0.29, 0.717) is 11.6 Å². The van der Waals surface area contributed by atoms with Gasteiger partial charge in [-0.05, 0) is 23.1 Å². The van der Waals surface area contributed by atoms with Crippen molar-refractivity contribution in [3.8, 4) is 0 Å². The highest BCUT2D eigenvalue weighted by atomic mass is 32.2. The van der Waals surface area contributed by atoms with Crippen molar-refractivity contribution >= 4 is 39.0 Å². The van der Waals surface area contributed by atoms with E-state index >= 15 is 0 Å². The lowest BCUT2D eigenvalue weighted by molar-refractivity contribution is -0.182. The van der Waals surface area contributed by atoms with Crippen LogP contribution in [0, 0.1) is 0 Å². The number of ether oxygens (including phenoxy) is 2. The Labute approximate surface area is 146 Å². The monoisotopic (exact) mass is 370 g/mol. The van der Waals surface area contributed by atoms with Gasteiger partial charge in [0, 0.05) is 27.3 Å². The second-order valence-corrected chi connectivity index (χ2v) is 7.94. The lowest BCUT2D eigenvalue weighted by Gasteiger charge is -2.57. The highest BCUT2D eigenvalue weighted by Gasteiger charge is 2.69. The summed E-state index contributed by atoms with van der Waals surface area (Å²) in [6.45, 7) is 1.68. The summed E-state index contributed by atoms with van der Waals surface area (Å²) in [5.74, 6) is -0.458. The number of amides is 2. The molecular weight excluding hydrogens is 352 g/mol. The van der Waals surface area contributed by atoms with Gasteiger partial charge in [0.25, 0.3) is 11.6 Å². The number of carbonyl (C=O) groups excluding carboxylic acids is 2. The summed E-state index contributed by atoms with van der Waals surface area (Å²) in [5.41, 5.74) is -0.799. The lowest BCUT2D eigenvalue weighted by atomic mass is 9.99. The number of fused-ring (bicyclic) bond motifs is 1. The molecule has 1 saturated heterocycles. The number of β-lactam (4-membered cyclic amide) rings is 1. The largest absolute Gasteiger partial charge is 0.380 e. The van der Waals surface area contributed by atoms with Crippen molar-refractivity contribution in [1.82, 2.24) is 4.90 Å². The number of nitrogens with zero attached hydrogens (tertiary/aromatic N) is 2. The first-order chi connectivity index (χ1) is 11.5. The molecule has 1 aromatic heterocycles.